The normalized spacial score (nSPS) is 21.8. The SMILES string of the molecule is O=C(CS)NC1/C=C/CCOC(=O)c2c(O)cc(O)cc2CC(=N\OCC(=O)N2CCCCC2)/C=C/C1. The standard InChI is InChI=1S/C26H33N3O7S/c30-21-14-18-13-20(28-36-16-24(33)29-10-3-1-4-11-29)9-6-8-19(27-23(32)17-37)7-2-5-12-35-26(34)25(18)22(31)15-21/h2,6-7,9,14-15,19,30-31,37H,1,3-5,8,10-13,16-17H2,(H,27,32)/b7-2+,9-6+,28-20-. The molecule has 1 aromatic rings. The lowest BCUT2D eigenvalue weighted by Crippen LogP contribution is -2.37. The molecule has 0 spiro atoms. The van der Waals surface area contributed by atoms with Crippen LogP contribution in [0, 0.1) is 0 Å². The minimum absolute atomic E-state index is 0.00427. The van der Waals surface area contributed by atoms with Crippen LogP contribution >= 0.6 is 12.6 Å². The molecule has 3 N–H and O–H groups in total. The molecule has 37 heavy (non-hydrogen) atoms. The van der Waals surface area contributed by atoms with Crippen LogP contribution in [-0.2, 0) is 25.6 Å². The lowest BCUT2D eigenvalue weighted by Gasteiger charge is -2.26. The fourth-order valence-corrected chi connectivity index (χ4v) is 4.20. The first kappa shape index (κ1) is 28.1. The van der Waals surface area contributed by atoms with E-state index in [2.05, 4.69) is 23.1 Å². The number of hydrogen-bond acceptors (Lipinski definition) is 9. The molecule has 0 aromatic heterocycles. The van der Waals surface area contributed by atoms with E-state index in [0.717, 1.165) is 25.3 Å². The monoisotopic (exact) mass is 531 g/mol. The fourth-order valence-electron chi connectivity index (χ4n) is 4.11. The van der Waals surface area contributed by atoms with E-state index in [1.165, 1.54) is 6.07 Å². The summed E-state index contributed by atoms with van der Waals surface area (Å²) < 4.78 is 5.32. The third kappa shape index (κ3) is 8.85. The van der Waals surface area contributed by atoms with Crippen LogP contribution < -0.4 is 5.32 Å². The number of phenolic OH excluding ortho intramolecular Hbond substituents is 2. The Bertz CT molecular complexity index is 1060. The Morgan fingerprint density at radius 1 is 1.19 bits per heavy atom. The van der Waals surface area contributed by atoms with E-state index in [0.29, 0.717) is 31.6 Å². The van der Waals surface area contributed by atoms with Gasteiger partial charge >= 0.3 is 5.97 Å². The number of fused-ring (bicyclic) bond motifs is 1. The maximum atomic E-state index is 12.7. The number of nitrogens with zero attached hydrogens (tertiary/aromatic N) is 2. The number of piperidine rings is 1. The molecule has 200 valence electrons. The Kier molecular flexibility index (Phi) is 10.9. The Balaban J connectivity index is 1.86. The molecule has 2 aliphatic rings. The van der Waals surface area contributed by atoms with Crippen molar-refractivity contribution in [3.8, 4) is 11.5 Å². The number of rotatable bonds is 5. The van der Waals surface area contributed by atoms with Crippen molar-refractivity contribution in [2.75, 3.05) is 32.1 Å². The number of esters is 1. The highest BCUT2D eigenvalue weighted by Crippen LogP contribution is 2.29. The number of oxime groups is 1. The van der Waals surface area contributed by atoms with Gasteiger partial charge in [0.15, 0.2) is 6.61 Å². The molecule has 0 bridgehead atoms. The summed E-state index contributed by atoms with van der Waals surface area (Å²) in [7, 11) is 0. The zero-order chi connectivity index (χ0) is 26.6. The zero-order valence-corrected chi connectivity index (χ0v) is 21.5. The van der Waals surface area contributed by atoms with Crippen molar-refractivity contribution in [3.05, 3.63) is 47.6 Å². The minimum atomic E-state index is -0.748. The van der Waals surface area contributed by atoms with E-state index in [9.17, 15) is 24.6 Å². The third-order valence-corrected chi connectivity index (χ3v) is 6.20. The summed E-state index contributed by atoms with van der Waals surface area (Å²) in [6.07, 6.45) is 10.9. The largest absolute Gasteiger partial charge is 0.508 e. The summed E-state index contributed by atoms with van der Waals surface area (Å²) >= 11 is 4.00. The molecule has 2 aliphatic heterocycles. The number of amides is 2. The fraction of sp³-hybridized carbons (Fsp3) is 0.462. The highest BCUT2D eigenvalue weighted by molar-refractivity contribution is 7.81. The van der Waals surface area contributed by atoms with Crippen LogP contribution in [0.25, 0.3) is 0 Å². The molecule has 2 amide bonds. The number of carbonyl (C=O) groups excluding carboxylic acids is 3. The van der Waals surface area contributed by atoms with Gasteiger partial charge in [-0.1, -0.05) is 23.4 Å². The first-order chi connectivity index (χ1) is 17.9. The van der Waals surface area contributed by atoms with Crippen molar-refractivity contribution in [1.82, 2.24) is 10.2 Å². The number of phenols is 2. The number of cyclic esters (lactones) is 1. The first-order valence-electron chi connectivity index (χ1n) is 12.3. The maximum absolute atomic E-state index is 12.7. The Hall–Kier alpha value is -3.47. The van der Waals surface area contributed by atoms with Gasteiger partial charge in [-0.3, -0.25) is 9.59 Å². The van der Waals surface area contributed by atoms with Gasteiger partial charge in [0.1, 0.15) is 17.1 Å². The Morgan fingerprint density at radius 2 is 1.97 bits per heavy atom. The van der Waals surface area contributed by atoms with E-state index < -0.39 is 11.7 Å². The van der Waals surface area contributed by atoms with E-state index in [-0.39, 0.29) is 60.1 Å². The van der Waals surface area contributed by atoms with Crippen molar-refractivity contribution >= 4 is 36.1 Å². The number of likely N-dealkylation sites (tertiary alicyclic amines) is 1. The van der Waals surface area contributed by atoms with Crippen molar-refractivity contribution < 1.29 is 34.2 Å². The van der Waals surface area contributed by atoms with Crippen LogP contribution in [0.2, 0.25) is 0 Å². The molecule has 0 radical (unpaired) electrons. The number of carbonyl (C=O) groups is 3. The van der Waals surface area contributed by atoms with Gasteiger partial charge in [0.05, 0.1) is 24.1 Å². The van der Waals surface area contributed by atoms with Gasteiger partial charge in [0.2, 0.25) is 5.91 Å². The van der Waals surface area contributed by atoms with Gasteiger partial charge in [0.25, 0.3) is 5.91 Å². The lowest BCUT2D eigenvalue weighted by atomic mass is 9.99. The highest BCUT2D eigenvalue weighted by Gasteiger charge is 2.21. The maximum Gasteiger partial charge on any atom is 0.342 e. The number of thiol groups is 1. The molecule has 10 nitrogen and oxygen atoms in total. The molecule has 0 aliphatic carbocycles. The van der Waals surface area contributed by atoms with Gasteiger partial charge in [0, 0.05) is 25.6 Å². The molecule has 1 saturated heterocycles. The number of nitrogens with one attached hydrogen (secondary N) is 1. The quantitative estimate of drug-likeness (QED) is 0.198. The van der Waals surface area contributed by atoms with Gasteiger partial charge in [-0.05, 0) is 49.8 Å². The molecule has 3 rings (SSSR count). The second kappa shape index (κ2) is 14.3. The highest BCUT2D eigenvalue weighted by atomic mass is 32.1. The first-order valence-corrected chi connectivity index (χ1v) is 12.9. The minimum Gasteiger partial charge on any atom is -0.508 e. The summed E-state index contributed by atoms with van der Waals surface area (Å²) in [6, 6.07) is 2.09. The number of ether oxygens (including phenoxy) is 1. The molecule has 2 heterocycles. The average molecular weight is 532 g/mol. The molecule has 1 fully saturated rings. The smallest absolute Gasteiger partial charge is 0.342 e. The van der Waals surface area contributed by atoms with Crippen LogP contribution in [-0.4, -0.2) is 76.7 Å². The zero-order valence-electron chi connectivity index (χ0n) is 20.6. The number of aromatic hydroxyl groups is 2. The molecular formula is C26H33N3O7S. The van der Waals surface area contributed by atoms with Crippen LogP contribution in [0.4, 0.5) is 0 Å². The van der Waals surface area contributed by atoms with E-state index in [4.69, 9.17) is 9.57 Å². The second-order valence-electron chi connectivity index (χ2n) is 8.80. The molecule has 0 saturated carbocycles. The van der Waals surface area contributed by atoms with Crippen LogP contribution in [0.1, 0.15) is 48.0 Å². The van der Waals surface area contributed by atoms with E-state index >= 15 is 0 Å². The van der Waals surface area contributed by atoms with Crippen molar-refractivity contribution in [2.24, 2.45) is 5.16 Å². The van der Waals surface area contributed by atoms with Crippen LogP contribution in [0.3, 0.4) is 0 Å². The van der Waals surface area contributed by atoms with Gasteiger partial charge in [-0.25, -0.2) is 4.79 Å². The van der Waals surface area contributed by atoms with E-state index in [1.807, 2.05) is 0 Å². The summed E-state index contributed by atoms with van der Waals surface area (Å²) in [5.74, 6) is -1.74. The van der Waals surface area contributed by atoms with E-state index in [1.54, 1.807) is 29.2 Å². The van der Waals surface area contributed by atoms with Crippen molar-refractivity contribution in [2.45, 2.75) is 44.6 Å². The summed E-state index contributed by atoms with van der Waals surface area (Å²) in [4.78, 5) is 44.2. The predicted molar refractivity (Wildman–Crippen MR) is 141 cm³/mol. The Morgan fingerprint density at radius 3 is 2.73 bits per heavy atom. The topological polar surface area (TPSA) is 138 Å². The lowest BCUT2D eigenvalue weighted by molar-refractivity contribution is -0.137. The number of benzene rings is 1. The summed E-state index contributed by atoms with van der Waals surface area (Å²) in [5, 5.41) is 27.4. The molecule has 1 unspecified atom stereocenters. The molecule has 1 aromatic carbocycles. The van der Waals surface area contributed by atoms with Gasteiger partial charge in [-0.15, -0.1) is 0 Å². The van der Waals surface area contributed by atoms with Crippen molar-refractivity contribution in [1.29, 1.82) is 0 Å². The van der Waals surface area contributed by atoms with Crippen LogP contribution in [0.5, 0.6) is 11.5 Å². The average Bonchev–Trinajstić information content (AvgIpc) is 2.87. The molecule has 11 heteroatoms. The molecular weight excluding hydrogens is 498 g/mol. The number of allylic oxidation sites excluding steroid dienone is 1. The van der Waals surface area contributed by atoms with Crippen molar-refractivity contribution in [3.63, 3.8) is 0 Å². The summed E-state index contributed by atoms with van der Waals surface area (Å²) in [5.41, 5.74) is 0.540. The van der Waals surface area contributed by atoms with Gasteiger partial charge < -0.3 is 30.0 Å². The predicted octanol–water partition coefficient (Wildman–Crippen LogP) is 2.50. The van der Waals surface area contributed by atoms with Crippen LogP contribution in [0.15, 0.2) is 41.6 Å². The Labute approximate surface area is 221 Å². The summed E-state index contributed by atoms with van der Waals surface area (Å²) in [6.45, 7) is 1.21. The van der Waals surface area contributed by atoms with Gasteiger partial charge in [-0.2, -0.15) is 12.6 Å². The molecule has 1 atom stereocenters. The number of hydrogen-bond donors (Lipinski definition) is 4. The third-order valence-electron chi connectivity index (χ3n) is 5.91. The second-order valence-corrected chi connectivity index (χ2v) is 9.11.